The van der Waals surface area contributed by atoms with Gasteiger partial charge in [-0.15, -0.1) is 0 Å². The fourth-order valence-electron chi connectivity index (χ4n) is 2.27. The molecule has 1 aromatic rings. The number of Topliss-reactive ketones (excluding diaryl/α,β-unsaturated/α-hetero) is 1. The van der Waals surface area contributed by atoms with Crippen molar-refractivity contribution < 1.29 is 9.53 Å². The third-order valence-corrected chi connectivity index (χ3v) is 2.89. The van der Waals surface area contributed by atoms with Gasteiger partial charge in [0.25, 0.3) is 0 Å². The van der Waals surface area contributed by atoms with E-state index in [0.29, 0.717) is 5.56 Å². The van der Waals surface area contributed by atoms with Crippen LogP contribution in [0.25, 0.3) is 0 Å². The molecular formula is C13H18N2O2. The average molecular weight is 234 g/mol. The summed E-state index contributed by atoms with van der Waals surface area (Å²) in [4.78, 5) is 18.1. The van der Waals surface area contributed by atoms with Crippen molar-refractivity contribution in [2.24, 2.45) is 0 Å². The van der Waals surface area contributed by atoms with E-state index in [1.54, 1.807) is 19.2 Å². The minimum Gasteiger partial charge on any atom is -0.372 e. The summed E-state index contributed by atoms with van der Waals surface area (Å²) in [6, 6.07) is 3.63. The zero-order valence-electron chi connectivity index (χ0n) is 10.5. The Bertz CT molecular complexity index is 410. The minimum absolute atomic E-state index is 0.0555. The number of hydrogen-bond donors (Lipinski definition) is 0. The van der Waals surface area contributed by atoms with Gasteiger partial charge in [-0.05, 0) is 32.9 Å². The third-order valence-electron chi connectivity index (χ3n) is 2.89. The van der Waals surface area contributed by atoms with Crippen LogP contribution >= 0.6 is 0 Å². The Morgan fingerprint density at radius 1 is 1.41 bits per heavy atom. The van der Waals surface area contributed by atoms with E-state index in [-0.39, 0.29) is 18.0 Å². The molecule has 4 heteroatoms. The Kier molecular flexibility index (Phi) is 3.43. The molecule has 0 bridgehead atoms. The monoisotopic (exact) mass is 234 g/mol. The first-order valence-electron chi connectivity index (χ1n) is 5.94. The number of anilines is 1. The summed E-state index contributed by atoms with van der Waals surface area (Å²) in [5.41, 5.74) is 0.689. The lowest BCUT2D eigenvalue weighted by molar-refractivity contribution is -0.00551. The minimum atomic E-state index is 0.0555. The average Bonchev–Trinajstić information content (AvgIpc) is 2.27. The van der Waals surface area contributed by atoms with Gasteiger partial charge in [0.2, 0.25) is 0 Å². The summed E-state index contributed by atoms with van der Waals surface area (Å²) in [6.07, 6.45) is 2.06. The Labute approximate surface area is 102 Å². The lowest BCUT2D eigenvalue weighted by Gasteiger charge is -2.36. The first-order chi connectivity index (χ1) is 8.08. The van der Waals surface area contributed by atoms with Gasteiger partial charge in [-0.2, -0.15) is 0 Å². The summed E-state index contributed by atoms with van der Waals surface area (Å²) in [5, 5.41) is 0. The maximum atomic E-state index is 11.6. The first kappa shape index (κ1) is 12.0. The molecule has 17 heavy (non-hydrogen) atoms. The van der Waals surface area contributed by atoms with Gasteiger partial charge in [-0.25, -0.2) is 4.98 Å². The molecule has 0 amide bonds. The van der Waals surface area contributed by atoms with Crippen molar-refractivity contribution >= 4 is 11.6 Å². The van der Waals surface area contributed by atoms with E-state index in [2.05, 4.69) is 9.88 Å². The van der Waals surface area contributed by atoms with Gasteiger partial charge in [-0.3, -0.25) is 4.79 Å². The molecular weight excluding hydrogens is 216 g/mol. The number of nitrogens with zero attached hydrogens (tertiary/aromatic N) is 2. The number of rotatable bonds is 2. The van der Waals surface area contributed by atoms with E-state index in [1.165, 1.54) is 0 Å². The zero-order valence-corrected chi connectivity index (χ0v) is 10.5. The molecule has 0 saturated carbocycles. The maximum Gasteiger partial charge on any atom is 0.163 e. The smallest absolute Gasteiger partial charge is 0.163 e. The molecule has 2 unspecified atom stereocenters. The highest BCUT2D eigenvalue weighted by molar-refractivity contribution is 5.98. The highest BCUT2D eigenvalue weighted by Gasteiger charge is 2.25. The van der Waals surface area contributed by atoms with Crippen molar-refractivity contribution in [3.05, 3.63) is 23.9 Å². The second kappa shape index (κ2) is 4.84. The van der Waals surface area contributed by atoms with Crippen LogP contribution in [-0.2, 0) is 4.74 Å². The zero-order chi connectivity index (χ0) is 12.4. The molecule has 1 fully saturated rings. The van der Waals surface area contributed by atoms with Crippen molar-refractivity contribution in [3.8, 4) is 0 Å². The molecule has 1 saturated heterocycles. The Balaban J connectivity index is 2.30. The number of hydrogen-bond acceptors (Lipinski definition) is 4. The second-order valence-corrected chi connectivity index (χ2v) is 4.59. The number of pyridine rings is 1. The molecule has 92 valence electrons. The normalized spacial score (nSPS) is 24.8. The highest BCUT2D eigenvalue weighted by Crippen LogP contribution is 2.22. The third kappa shape index (κ3) is 2.64. The number of aromatic nitrogens is 1. The molecule has 1 aromatic heterocycles. The lowest BCUT2D eigenvalue weighted by atomic mass is 10.1. The van der Waals surface area contributed by atoms with E-state index in [4.69, 9.17) is 4.74 Å². The van der Waals surface area contributed by atoms with E-state index < -0.39 is 0 Å². The van der Waals surface area contributed by atoms with Crippen LogP contribution in [0.3, 0.4) is 0 Å². The molecule has 2 rings (SSSR count). The number of ether oxygens (including phenoxy) is 1. The van der Waals surface area contributed by atoms with E-state index in [9.17, 15) is 4.79 Å². The van der Waals surface area contributed by atoms with Crippen molar-refractivity contribution in [3.63, 3.8) is 0 Å². The predicted molar refractivity (Wildman–Crippen MR) is 66.5 cm³/mol. The predicted octanol–water partition coefficient (Wildman–Crippen LogP) is 1.90. The van der Waals surface area contributed by atoms with Crippen LogP contribution < -0.4 is 4.90 Å². The van der Waals surface area contributed by atoms with Crippen LogP contribution in [0.15, 0.2) is 18.3 Å². The Morgan fingerprint density at radius 2 is 2.06 bits per heavy atom. The second-order valence-electron chi connectivity index (χ2n) is 4.59. The summed E-state index contributed by atoms with van der Waals surface area (Å²) in [7, 11) is 0. The number of carbonyl (C=O) groups is 1. The van der Waals surface area contributed by atoms with Crippen molar-refractivity contribution in [2.45, 2.75) is 33.0 Å². The molecule has 0 N–H and O–H groups in total. The fraction of sp³-hybridized carbons (Fsp3) is 0.538. The number of ketones is 1. The van der Waals surface area contributed by atoms with Crippen LogP contribution in [-0.4, -0.2) is 36.1 Å². The van der Waals surface area contributed by atoms with Gasteiger partial charge in [0, 0.05) is 19.3 Å². The maximum absolute atomic E-state index is 11.6. The quantitative estimate of drug-likeness (QED) is 0.733. The van der Waals surface area contributed by atoms with Gasteiger partial charge in [-0.1, -0.05) is 0 Å². The van der Waals surface area contributed by atoms with Crippen LogP contribution in [0.2, 0.25) is 0 Å². The molecule has 0 aromatic carbocycles. The van der Waals surface area contributed by atoms with E-state index in [0.717, 1.165) is 18.9 Å². The molecule has 0 spiro atoms. The largest absolute Gasteiger partial charge is 0.372 e. The van der Waals surface area contributed by atoms with Gasteiger partial charge in [0.1, 0.15) is 5.82 Å². The molecule has 2 atom stereocenters. The van der Waals surface area contributed by atoms with Gasteiger partial charge >= 0.3 is 0 Å². The van der Waals surface area contributed by atoms with Crippen LogP contribution in [0.4, 0.5) is 5.82 Å². The lowest BCUT2D eigenvalue weighted by Crippen LogP contribution is -2.46. The van der Waals surface area contributed by atoms with Crippen molar-refractivity contribution in [1.29, 1.82) is 0 Å². The summed E-state index contributed by atoms with van der Waals surface area (Å²) in [5.74, 6) is 0.835. The fourth-order valence-corrected chi connectivity index (χ4v) is 2.27. The molecule has 0 radical (unpaired) electrons. The SMILES string of the molecule is CC(=O)c1cccnc1N1CC(C)OC(C)C1. The Hall–Kier alpha value is -1.42. The summed E-state index contributed by atoms with van der Waals surface area (Å²) < 4.78 is 5.68. The topological polar surface area (TPSA) is 42.4 Å². The summed E-state index contributed by atoms with van der Waals surface area (Å²) in [6.45, 7) is 7.22. The van der Waals surface area contributed by atoms with E-state index >= 15 is 0 Å². The van der Waals surface area contributed by atoms with Crippen molar-refractivity contribution in [2.75, 3.05) is 18.0 Å². The standard InChI is InChI=1S/C13H18N2O2/c1-9-7-15(8-10(2)17-9)13-12(11(3)16)5-4-6-14-13/h4-6,9-10H,7-8H2,1-3H3. The first-order valence-corrected chi connectivity index (χ1v) is 5.94. The molecule has 0 aliphatic carbocycles. The van der Waals surface area contributed by atoms with Crippen LogP contribution in [0.1, 0.15) is 31.1 Å². The van der Waals surface area contributed by atoms with E-state index in [1.807, 2.05) is 19.9 Å². The highest BCUT2D eigenvalue weighted by atomic mass is 16.5. The number of morpholine rings is 1. The van der Waals surface area contributed by atoms with Gasteiger partial charge in [0.05, 0.1) is 17.8 Å². The van der Waals surface area contributed by atoms with Gasteiger partial charge < -0.3 is 9.64 Å². The van der Waals surface area contributed by atoms with Crippen molar-refractivity contribution in [1.82, 2.24) is 4.98 Å². The van der Waals surface area contributed by atoms with Crippen LogP contribution in [0.5, 0.6) is 0 Å². The molecule has 2 heterocycles. The molecule has 1 aliphatic rings. The number of carbonyl (C=O) groups excluding carboxylic acids is 1. The molecule has 1 aliphatic heterocycles. The molecule has 4 nitrogen and oxygen atoms in total. The van der Waals surface area contributed by atoms with Crippen LogP contribution in [0, 0.1) is 0 Å². The summed E-state index contributed by atoms with van der Waals surface area (Å²) >= 11 is 0. The Morgan fingerprint density at radius 3 is 2.65 bits per heavy atom. The van der Waals surface area contributed by atoms with Gasteiger partial charge in [0.15, 0.2) is 5.78 Å².